The van der Waals surface area contributed by atoms with Crippen molar-refractivity contribution in [3.05, 3.63) is 96.6 Å². The van der Waals surface area contributed by atoms with E-state index in [9.17, 15) is 5.11 Å². The highest BCUT2D eigenvalue weighted by Crippen LogP contribution is 2.38. The number of rotatable bonds is 11. The standard InChI is InChI=1S/C28H36O3Si/c1-28(2,3)32(26-15-9-5-10-16-26,27-17-11-6-12-18-27)31-25(19-21-29)20-22-30-23-24-13-7-4-8-14-24/h4-18,25,29H,19-23H2,1-3H3. The summed E-state index contributed by atoms with van der Waals surface area (Å²) in [6, 6.07) is 31.5. The van der Waals surface area contributed by atoms with Crippen LogP contribution in [-0.2, 0) is 15.8 Å². The van der Waals surface area contributed by atoms with Crippen LogP contribution in [0.15, 0.2) is 91.0 Å². The van der Waals surface area contributed by atoms with Crippen molar-refractivity contribution in [2.45, 2.75) is 51.4 Å². The summed E-state index contributed by atoms with van der Waals surface area (Å²) in [6.45, 7) is 8.12. The van der Waals surface area contributed by atoms with Crippen LogP contribution in [-0.4, -0.2) is 32.7 Å². The second-order valence-electron chi connectivity index (χ2n) is 9.24. The molecule has 3 nitrogen and oxygen atoms in total. The van der Waals surface area contributed by atoms with E-state index in [1.54, 1.807) is 0 Å². The third-order valence-electron chi connectivity index (χ3n) is 5.91. The molecular weight excluding hydrogens is 412 g/mol. The summed E-state index contributed by atoms with van der Waals surface area (Å²) in [5.41, 5.74) is 1.17. The summed E-state index contributed by atoms with van der Waals surface area (Å²) in [7, 11) is -2.64. The monoisotopic (exact) mass is 448 g/mol. The number of aliphatic hydroxyl groups is 1. The molecule has 0 amide bonds. The summed E-state index contributed by atoms with van der Waals surface area (Å²) in [5, 5.41) is 12.2. The summed E-state index contributed by atoms with van der Waals surface area (Å²) in [4.78, 5) is 0. The van der Waals surface area contributed by atoms with Gasteiger partial charge in [-0.25, -0.2) is 0 Å². The molecule has 0 saturated heterocycles. The first-order valence-corrected chi connectivity index (χ1v) is 13.4. The minimum Gasteiger partial charge on any atom is -0.404 e. The Balaban J connectivity index is 1.85. The molecule has 3 rings (SSSR count). The SMILES string of the molecule is CC(C)(C)[Si](OC(CCO)CCOCc1ccccc1)(c1ccccc1)c1ccccc1. The van der Waals surface area contributed by atoms with Gasteiger partial charge >= 0.3 is 0 Å². The van der Waals surface area contributed by atoms with Crippen LogP contribution in [0, 0.1) is 0 Å². The first kappa shape index (κ1) is 24.4. The number of ether oxygens (including phenoxy) is 1. The van der Waals surface area contributed by atoms with Crippen LogP contribution in [0.5, 0.6) is 0 Å². The van der Waals surface area contributed by atoms with Gasteiger partial charge < -0.3 is 14.3 Å². The molecule has 0 bridgehead atoms. The summed E-state index contributed by atoms with van der Waals surface area (Å²) in [5.74, 6) is 0. The molecule has 32 heavy (non-hydrogen) atoms. The molecule has 0 heterocycles. The van der Waals surface area contributed by atoms with E-state index in [0.29, 0.717) is 19.6 Å². The lowest BCUT2D eigenvalue weighted by molar-refractivity contribution is 0.0682. The highest BCUT2D eigenvalue weighted by molar-refractivity contribution is 6.99. The smallest absolute Gasteiger partial charge is 0.261 e. The predicted molar refractivity (Wildman–Crippen MR) is 135 cm³/mol. The van der Waals surface area contributed by atoms with Crippen molar-refractivity contribution in [1.82, 2.24) is 0 Å². The van der Waals surface area contributed by atoms with Gasteiger partial charge in [-0.3, -0.25) is 0 Å². The average Bonchev–Trinajstić information content (AvgIpc) is 2.81. The van der Waals surface area contributed by atoms with E-state index in [1.165, 1.54) is 15.9 Å². The minimum absolute atomic E-state index is 0.0814. The average molecular weight is 449 g/mol. The van der Waals surface area contributed by atoms with E-state index < -0.39 is 8.32 Å². The first-order valence-electron chi connectivity index (χ1n) is 11.5. The Hall–Kier alpha value is -2.24. The van der Waals surface area contributed by atoms with Gasteiger partial charge in [-0.1, -0.05) is 112 Å². The summed E-state index contributed by atoms with van der Waals surface area (Å²) in [6.07, 6.45) is 1.26. The molecular formula is C28H36O3Si. The molecule has 3 aromatic rings. The highest BCUT2D eigenvalue weighted by atomic mass is 28.4. The lowest BCUT2D eigenvalue weighted by Crippen LogP contribution is -2.67. The van der Waals surface area contributed by atoms with E-state index in [-0.39, 0.29) is 17.7 Å². The van der Waals surface area contributed by atoms with Crippen molar-refractivity contribution in [2.75, 3.05) is 13.2 Å². The second-order valence-corrected chi connectivity index (χ2v) is 13.5. The maximum atomic E-state index is 9.81. The Morgan fingerprint density at radius 2 is 1.25 bits per heavy atom. The van der Waals surface area contributed by atoms with E-state index >= 15 is 0 Å². The molecule has 0 radical (unpaired) electrons. The fourth-order valence-electron chi connectivity index (χ4n) is 4.33. The lowest BCUT2D eigenvalue weighted by atomic mass is 10.2. The number of benzene rings is 3. The van der Waals surface area contributed by atoms with Crippen molar-refractivity contribution >= 4 is 18.7 Å². The Morgan fingerprint density at radius 3 is 1.72 bits per heavy atom. The fourth-order valence-corrected chi connectivity index (χ4v) is 9.08. The lowest BCUT2D eigenvalue weighted by Gasteiger charge is -2.45. The first-order chi connectivity index (χ1) is 15.5. The fraction of sp³-hybridized carbons (Fsp3) is 0.357. The van der Waals surface area contributed by atoms with Crippen molar-refractivity contribution in [1.29, 1.82) is 0 Å². The quantitative estimate of drug-likeness (QED) is 0.334. The Morgan fingerprint density at radius 1 is 0.750 bits per heavy atom. The van der Waals surface area contributed by atoms with Gasteiger partial charge in [0.1, 0.15) is 0 Å². The van der Waals surface area contributed by atoms with Crippen LogP contribution in [0.25, 0.3) is 0 Å². The Kier molecular flexibility index (Phi) is 8.82. The third-order valence-corrected chi connectivity index (χ3v) is 11.0. The Labute approximate surface area is 194 Å². The minimum atomic E-state index is -2.64. The molecule has 0 aliphatic heterocycles. The maximum Gasteiger partial charge on any atom is 0.261 e. The van der Waals surface area contributed by atoms with Crippen LogP contribution in [0.2, 0.25) is 5.04 Å². The van der Waals surface area contributed by atoms with Crippen molar-refractivity contribution in [2.24, 2.45) is 0 Å². The molecule has 0 saturated carbocycles. The second kappa shape index (κ2) is 11.6. The Bertz CT molecular complexity index is 868. The van der Waals surface area contributed by atoms with E-state index in [2.05, 4.69) is 93.6 Å². The van der Waals surface area contributed by atoms with Crippen LogP contribution >= 0.6 is 0 Å². The molecule has 0 aliphatic carbocycles. The van der Waals surface area contributed by atoms with Gasteiger partial charge in [0.05, 0.1) is 12.7 Å². The van der Waals surface area contributed by atoms with Crippen LogP contribution in [0.3, 0.4) is 0 Å². The number of aliphatic hydroxyl groups excluding tert-OH is 1. The normalized spacial score (nSPS) is 13.1. The topological polar surface area (TPSA) is 38.7 Å². The van der Waals surface area contributed by atoms with Gasteiger partial charge in [0.15, 0.2) is 0 Å². The summed E-state index contributed by atoms with van der Waals surface area (Å²) < 4.78 is 13.1. The largest absolute Gasteiger partial charge is 0.404 e. The van der Waals surface area contributed by atoms with Gasteiger partial charge in [-0.15, -0.1) is 0 Å². The molecule has 0 fully saturated rings. The molecule has 0 spiro atoms. The molecule has 0 aliphatic rings. The van der Waals surface area contributed by atoms with Gasteiger partial charge in [-0.05, 0) is 33.8 Å². The van der Waals surface area contributed by atoms with Crippen molar-refractivity contribution < 1.29 is 14.3 Å². The number of hydrogen-bond donors (Lipinski definition) is 1. The maximum absolute atomic E-state index is 9.81. The summed E-state index contributed by atoms with van der Waals surface area (Å²) >= 11 is 0. The van der Waals surface area contributed by atoms with Crippen LogP contribution < -0.4 is 10.4 Å². The highest BCUT2D eigenvalue weighted by Gasteiger charge is 2.51. The van der Waals surface area contributed by atoms with Gasteiger partial charge in [0.25, 0.3) is 8.32 Å². The van der Waals surface area contributed by atoms with E-state index in [0.717, 1.165) is 6.42 Å². The zero-order chi connectivity index (χ0) is 22.9. The molecule has 0 aromatic heterocycles. The molecule has 4 heteroatoms. The molecule has 1 unspecified atom stereocenters. The molecule has 3 aromatic carbocycles. The predicted octanol–water partition coefficient (Wildman–Crippen LogP) is 4.92. The van der Waals surface area contributed by atoms with Gasteiger partial charge in [0, 0.05) is 13.2 Å². The van der Waals surface area contributed by atoms with Crippen molar-refractivity contribution in [3.63, 3.8) is 0 Å². The number of hydrogen-bond acceptors (Lipinski definition) is 3. The van der Waals surface area contributed by atoms with Gasteiger partial charge in [-0.2, -0.15) is 0 Å². The van der Waals surface area contributed by atoms with Crippen LogP contribution in [0.4, 0.5) is 0 Å². The molecule has 170 valence electrons. The van der Waals surface area contributed by atoms with Crippen molar-refractivity contribution in [3.8, 4) is 0 Å². The molecule has 1 N–H and O–H groups in total. The zero-order valence-electron chi connectivity index (χ0n) is 19.5. The van der Waals surface area contributed by atoms with E-state index in [1.807, 2.05) is 18.2 Å². The third kappa shape index (κ3) is 5.96. The van der Waals surface area contributed by atoms with Crippen LogP contribution in [0.1, 0.15) is 39.2 Å². The van der Waals surface area contributed by atoms with E-state index in [4.69, 9.17) is 9.16 Å². The van der Waals surface area contributed by atoms with Gasteiger partial charge in [0.2, 0.25) is 0 Å². The molecule has 1 atom stereocenters. The zero-order valence-corrected chi connectivity index (χ0v) is 20.5.